The van der Waals surface area contributed by atoms with Gasteiger partial charge < -0.3 is 14.8 Å². The lowest BCUT2D eigenvalue weighted by molar-refractivity contribution is 0.0187. The number of hydrogen-bond acceptors (Lipinski definition) is 3. The quantitative estimate of drug-likeness (QED) is 0.755. The molecule has 1 saturated heterocycles. The van der Waals surface area contributed by atoms with Crippen molar-refractivity contribution in [3.05, 3.63) is 0 Å². The predicted molar refractivity (Wildman–Crippen MR) is 53.2 cm³/mol. The number of amides is 1. The largest absolute Gasteiger partial charge is 0.447 e. The Morgan fingerprint density at radius 1 is 1.64 bits per heavy atom. The average Bonchev–Trinajstić information content (AvgIpc) is 2.49. The highest BCUT2D eigenvalue weighted by Gasteiger charge is 2.30. The number of hydrogen-bond donors (Lipinski definition) is 1. The summed E-state index contributed by atoms with van der Waals surface area (Å²) in [5.74, 6) is 0. The van der Waals surface area contributed by atoms with Crippen LogP contribution in [0.5, 0.6) is 0 Å². The highest BCUT2D eigenvalue weighted by Crippen LogP contribution is 2.23. The Morgan fingerprint density at radius 2 is 2.36 bits per heavy atom. The molecule has 1 heterocycles. The van der Waals surface area contributed by atoms with Crippen molar-refractivity contribution in [1.29, 1.82) is 0 Å². The number of nitrogens with one attached hydrogen (secondary N) is 1. The van der Waals surface area contributed by atoms with Crippen LogP contribution in [0.2, 0.25) is 0 Å². The van der Waals surface area contributed by atoms with Gasteiger partial charge in [-0.3, -0.25) is 0 Å². The molecule has 0 saturated carbocycles. The molecular weight excluding hydrogens is 182 g/mol. The number of ether oxygens (including phenoxy) is 2. The van der Waals surface area contributed by atoms with Gasteiger partial charge in [0.2, 0.25) is 0 Å². The molecule has 0 aromatic rings. The monoisotopic (exact) mass is 201 g/mol. The van der Waals surface area contributed by atoms with Gasteiger partial charge in [0, 0.05) is 13.2 Å². The summed E-state index contributed by atoms with van der Waals surface area (Å²) in [6, 6.07) is 0. The van der Waals surface area contributed by atoms with E-state index < -0.39 is 0 Å². The molecule has 1 aliphatic heterocycles. The molecule has 0 bridgehead atoms. The summed E-state index contributed by atoms with van der Waals surface area (Å²) in [5, 5.41) is 2.71. The second kappa shape index (κ2) is 4.64. The molecule has 1 aliphatic rings. The van der Waals surface area contributed by atoms with Crippen LogP contribution in [0.15, 0.2) is 0 Å². The molecule has 4 heteroatoms. The fourth-order valence-corrected chi connectivity index (χ4v) is 1.49. The van der Waals surface area contributed by atoms with Crippen molar-refractivity contribution in [2.45, 2.75) is 45.3 Å². The van der Waals surface area contributed by atoms with Gasteiger partial charge >= 0.3 is 6.09 Å². The SMILES string of the molecule is CC(C)OC(=O)NCC1(C)CCCO1. The Balaban J connectivity index is 2.22. The second-order valence-electron chi connectivity index (χ2n) is 4.21. The summed E-state index contributed by atoms with van der Waals surface area (Å²) in [4.78, 5) is 11.2. The number of carbonyl (C=O) groups excluding carboxylic acids is 1. The van der Waals surface area contributed by atoms with Gasteiger partial charge in [-0.25, -0.2) is 4.79 Å². The zero-order valence-corrected chi connectivity index (χ0v) is 9.13. The van der Waals surface area contributed by atoms with Crippen LogP contribution in [-0.2, 0) is 9.47 Å². The van der Waals surface area contributed by atoms with Gasteiger partial charge in [-0.2, -0.15) is 0 Å². The van der Waals surface area contributed by atoms with E-state index in [4.69, 9.17) is 9.47 Å². The lowest BCUT2D eigenvalue weighted by atomic mass is 10.0. The van der Waals surface area contributed by atoms with Crippen LogP contribution in [0.1, 0.15) is 33.6 Å². The molecule has 1 amide bonds. The summed E-state index contributed by atoms with van der Waals surface area (Å²) in [6.45, 7) is 6.98. The van der Waals surface area contributed by atoms with Crippen LogP contribution >= 0.6 is 0 Å². The second-order valence-corrected chi connectivity index (χ2v) is 4.21. The molecule has 4 nitrogen and oxygen atoms in total. The summed E-state index contributed by atoms with van der Waals surface area (Å²) in [6.07, 6.45) is 1.62. The van der Waals surface area contributed by atoms with Crippen LogP contribution < -0.4 is 5.32 Å². The zero-order valence-electron chi connectivity index (χ0n) is 9.13. The molecule has 0 radical (unpaired) electrons. The van der Waals surface area contributed by atoms with Gasteiger partial charge in [-0.05, 0) is 33.6 Å². The standard InChI is InChI=1S/C10H19NO3/c1-8(2)14-9(12)11-7-10(3)5-4-6-13-10/h8H,4-7H2,1-3H3,(H,11,12). The van der Waals surface area contributed by atoms with Gasteiger partial charge in [0.05, 0.1) is 11.7 Å². The summed E-state index contributed by atoms with van der Waals surface area (Å²) >= 11 is 0. The first kappa shape index (κ1) is 11.3. The van der Waals surface area contributed by atoms with Crippen LogP contribution in [0, 0.1) is 0 Å². The van der Waals surface area contributed by atoms with E-state index in [1.54, 1.807) is 0 Å². The van der Waals surface area contributed by atoms with E-state index in [2.05, 4.69) is 5.32 Å². The van der Waals surface area contributed by atoms with Crippen molar-refractivity contribution >= 4 is 6.09 Å². The summed E-state index contributed by atoms with van der Waals surface area (Å²) < 4.78 is 10.5. The van der Waals surface area contributed by atoms with Crippen molar-refractivity contribution in [3.8, 4) is 0 Å². The molecule has 1 unspecified atom stereocenters. The lowest BCUT2D eigenvalue weighted by Gasteiger charge is -2.23. The van der Waals surface area contributed by atoms with Gasteiger partial charge in [0.15, 0.2) is 0 Å². The van der Waals surface area contributed by atoms with Crippen LogP contribution in [0.25, 0.3) is 0 Å². The highest BCUT2D eigenvalue weighted by molar-refractivity contribution is 5.67. The molecule has 82 valence electrons. The van der Waals surface area contributed by atoms with Crippen molar-refractivity contribution < 1.29 is 14.3 Å². The van der Waals surface area contributed by atoms with Crippen LogP contribution in [0.3, 0.4) is 0 Å². The molecule has 1 fully saturated rings. The van der Waals surface area contributed by atoms with E-state index in [1.165, 1.54) is 0 Å². The van der Waals surface area contributed by atoms with E-state index in [1.807, 2.05) is 20.8 Å². The Morgan fingerprint density at radius 3 is 2.86 bits per heavy atom. The third-order valence-corrected chi connectivity index (χ3v) is 2.25. The fraction of sp³-hybridized carbons (Fsp3) is 0.900. The van der Waals surface area contributed by atoms with Crippen LogP contribution in [-0.4, -0.2) is 30.9 Å². The van der Waals surface area contributed by atoms with E-state index >= 15 is 0 Å². The van der Waals surface area contributed by atoms with E-state index in [0.29, 0.717) is 6.54 Å². The maximum absolute atomic E-state index is 11.2. The molecular formula is C10H19NO3. The first-order valence-electron chi connectivity index (χ1n) is 5.10. The third kappa shape index (κ3) is 3.54. The lowest BCUT2D eigenvalue weighted by Crippen LogP contribution is -2.40. The Hall–Kier alpha value is -0.770. The minimum atomic E-state index is -0.364. The van der Waals surface area contributed by atoms with Crippen molar-refractivity contribution in [3.63, 3.8) is 0 Å². The molecule has 1 atom stereocenters. The van der Waals surface area contributed by atoms with Gasteiger partial charge in [-0.15, -0.1) is 0 Å². The Kier molecular flexibility index (Phi) is 3.75. The molecule has 0 aromatic carbocycles. The Labute approximate surface area is 85.0 Å². The zero-order chi connectivity index (χ0) is 10.6. The van der Waals surface area contributed by atoms with E-state index in [-0.39, 0.29) is 17.8 Å². The molecule has 1 rings (SSSR count). The van der Waals surface area contributed by atoms with Crippen LogP contribution in [0.4, 0.5) is 4.79 Å². The minimum absolute atomic E-state index is 0.0766. The summed E-state index contributed by atoms with van der Waals surface area (Å²) in [7, 11) is 0. The molecule has 0 aliphatic carbocycles. The minimum Gasteiger partial charge on any atom is -0.447 e. The van der Waals surface area contributed by atoms with E-state index in [0.717, 1.165) is 19.4 Å². The maximum Gasteiger partial charge on any atom is 0.407 e. The van der Waals surface area contributed by atoms with Gasteiger partial charge in [-0.1, -0.05) is 0 Å². The third-order valence-electron chi connectivity index (χ3n) is 2.25. The smallest absolute Gasteiger partial charge is 0.407 e. The van der Waals surface area contributed by atoms with Crippen molar-refractivity contribution in [1.82, 2.24) is 5.32 Å². The topological polar surface area (TPSA) is 47.6 Å². The van der Waals surface area contributed by atoms with Crippen molar-refractivity contribution in [2.24, 2.45) is 0 Å². The number of rotatable bonds is 3. The fourth-order valence-electron chi connectivity index (χ4n) is 1.49. The summed E-state index contributed by atoms with van der Waals surface area (Å²) in [5.41, 5.74) is -0.198. The normalized spacial score (nSPS) is 26.6. The highest BCUT2D eigenvalue weighted by atomic mass is 16.6. The molecule has 14 heavy (non-hydrogen) atoms. The molecule has 0 aromatic heterocycles. The van der Waals surface area contributed by atoms with Gasteiger partial charge in [0.25, 0.3) is 0 Å². The van der Waals surface area contributed by atoms with E-state index in [9.17, 15) is 4.79 Å². The average molecular weight is 201 g/mol. The Bertz CT molecular complexity index is 198. The predicted octanol–water partition coefficient (Wildman–Crippen LogP) is 1.69. The number of carbonyl (C=O) groups is 1. The van der Waals surface area contributed by atoms with Gasteiger partial charge in [0.1, 0.15) is 0 Å². The van der Waals surface area contributed by atoms with Crippen molar-refractivity contribution in [2.75, 3.05) is 13.2 Å². The first-order valence-corrected chi connectivity index (χ1v) is 5.10. The maximum atomic E-state index is 11.2. The first-order chi connectivity index (χ1) is 6.52. The number of alkyl carbamates (subject to hydrolysis) is 1. The molecule has 1 N–H and O–H groups in total. The molecule has 0 spiro atoms.